The molecule has 18 heteroatoms. The molecule has 0 fully saturated rings. The van der Waals surface area contributed by atoms with Gasteiger partial charge < -0.3 is 18.3 Å². The lowest BCUT2D eigenvalue weighted by molar-refractivity contribution is -0.137. The Balaban J connectivity index is 0.000000192. The van der Waals surface area contributed by atoms with Gasteiger partial charge in [0, 0.05) is 43.1 Å². The molecule has 0 atom stereocenters. The van der Waals surface area contributed by atoms with Crippen molar-refractivity contribution in [3.8, 4) is 51.1 Å². The van der Waals surface area contributed by atoms with Crippen LogP contribution >= 0.6 is 0 Å². The molecule has 640 valence electrons. The fraction of sp³-hybridized carbons (Fsp3) is 0.311. The summed E-state index contributed by atoms with van der Waals surface area (Å²) in [5.41, 5.74) is 32.2. The molecule has 0 unspecified atom stereocenters. The van der Waals surface area contributed by atoms with Crippen molar-refractivity contribution in [1.82, 2.24) is 18.3 Å². The zero-order valence-electron chi connectivity index (χ0n) is 76.5. The molecule has 124 heavy (non-hydrogen) atoms. The largest absolute Gasteiger partial charge is 0.418 e. The molecule has 0 spiro atoms. The number of benzene rings is 12. The van der Waals surface area contributed by atoms with Crippen LogP contribution in [-0.2, 0) is 6.18 Å². The van der Waals surface area contributed by atoms with Crippen LogP contribution in [0.1, 0.15) is 189 Å². The van der Waals surface area contributed by atoms with Crippen LogP contribution in [-0.4, -0.2) is 18.3 Å². The predicted molar refractivity (Wildman–Crippen MR) is 482 cm³/mol. The van der Waals surface area contributed by atoms with Gasteiger partial charge in [0.15, 0.2) is 46.5 Å². The molecule has 0 saturated carbocycles. The second-order valence-corrected chi connectivity index (χ2v) is 35.4. The van der Waals surface area contributed by atoms with E-state index in [1.165, 1.54) is 18.2 Å². The number of nitriles is 1. The molecule has 0 N–H and O–H groups in total. The zero-order valence-corrected chi connectivity index (χ0v) is 76.5. The molecule has 4 aromatic heterocycles. The van der Waals surface area contributed by atoms with Crippen molar-refractivity contribution in [3.05, 3.63) is 272 Å². The Morgan fingerprint density at radius 1 is 0.210 bits per heavy atom. The van der Waals surface area contributed by atoms with Crippen LogP contribution in [0.4, 0.5) is 57.1 Å². The van der Waals surface area contributed by atoms with Crippen molar-refractivity contribution in [1.29, 1.82) is 5.26 Å². The van der Waals surface area contributed by atoms with Gasteiger partial charge >= 0.3 is 6.18 Å². The third-order valence-electron chi connectivity index (χ3n) is 30.6. The third kappa shape index (κ3) is 11.4. The molecule has 0 aliphatic rings. The number of hydrogen-bond acceptors (Lipinski definition) is 1. The zero-order chi connectivity index (χ0) is 91.6. The Morgan fingerprint density at radius 3 is 0.581 bits per heavy atom. The van der Waals surface area contributed by atoms with E-state index in [1.807, 2.05) is 111 Å². The van der Waals surface area contributed by atoms with E-state index in [9.17, 15) is 14.0 Å². The third-order valence-corrected chi connectivity index (χ3v) is 30.6. The lowest BCUT2D eigenvalue weighted by atomic mass is 9.90. The highest BCUT2D eigenvalue weighted by Gasteiger charge is 2.42. The van der Waals surface area contributed by atoms with Crippen LogP contribution in [0.2, 0.25) is 0 Å². The Morgan fingerprint density at radius 2 is 0.379 bits per heavy atom. The second-order valence-electron chi connectivity index (χ2n) is 35.4. The number of alkyl halides is 3. The Bertz CT molecular complexity index is 7390. The van der Waals surface area contributed by atoms with Gasteiger partial charge in [-0.05, 0) is 435 Å². The van der Waals surface area contributed by atoms with Gasteiger partial charge in [-0.2, -0.15) is 18.4 Å². The number of fused-ring (bicyclic) bond motifs is 12. The standard InChI is InChI=1S/C53H50F8N2.C53H50F5N3/c1-19-23(5)31(13)48-38(27(19)9)39-28(10)20(2)24(6)32(14)49(39)62(48)37-18-35(42-43(54)45(56)47(58)46(57)44(42)55)17-36(53(59,60)61)52(37)63-50-33(15)25(7)21(3)29(11)40(50)41-30(12)22(4)26(8)34(16)51(41)63;1-20-24(5)32(13)49-39(28(20)9)40-29(10)21(2)25(6)33(14)50(40)60(49)38-18-36(43-44(54)46(56)48(58)47(57)45(43)55)17-37(19-59)53(38)61-51-34(15)26(7)22(3)30(11)41(51)42-31(12)23(4)27(8)35(16)52(42)61/h17-18H,1-16H3;17-18H,1-16H3. The minimum atomic E-state index is -5.23. The highest BCUT2D eigenvalue weighted by Crippen LogP contribution is 2.55. The summed E-state index contributed by atoms with van der Waals surface area (Å²) in [7, 11) is 0. The SMILES string of the molecule is Cc1c(C)c(C)c2c(c1C)c1c(C)c(C)c(C)c(C)c1n2-c1cc(-c2c(F)c(F)c(F)c(F)c2F)cc(C#N)c1-n1c2c(C)c(C)c(C)c(C)c2c2c(C)c(C)c(C)c(C)c21.Cc1c(C)c(C)c2c(c1C)c1c(C)c(C)c(C)c(C)c1n2-c1cc(-c2c(F)c(F)c(F)c(F)c2F)cc(C(F)(F)F)c1-n1c2c(C)c(C)c(C)c(C)c2c2c(C)c(C)c(C)c(C)c21. The number of rotatable bonds is 6. The number of nitrogens with zero attached hydrogens (tertiary/aromatic N) is 5. The van der Waals surface area contributed by atoms with Crippen molar-refractivity contribution >= 4 is 87.2 Å². The summed E-state index contributed by atoms with van der Waals surface area (Å²) in [6.07, 6.45) is -5.23. The minimum absolute atomic E-state index is 0.00669. The van der Waals surface area contributed by atoms with Crippen molar-refractivity contribution in [2.75, 3.05) is 0 Å². The first kappa shape index (κ1) is 87.3. The van der Waals surface area contributed by atoms with Crippen molar-refractivity contribution in [2.24, 2.45) is 0 Å². The molecule has 5 nitrogen and oxygen atoms in total. The number of aromatic nitrogens is 4. The molecule has 16 aromatic rings. The average Bonchev–Trinajstić information content (AvgIpc) is 1.53. The lowest BCUT2D eigenvalue weighted by Crippen LogP contribution is -2.17. The fourth-order valence-corrected chi connectivity index (χ4v) is 20.8. The number of halogens is 13. The molecule has 0 amide bonds. The van der Waals surface area contributed by atoms with E-state index in [4.69, 9.17) is 0 Å². The summed E-state index contributed by atoms with van der Waals surface area (Å²) in [4.78, 5) is 0. The fourth-order valence-electron chi connectivity index (χ4n) is 20.8. The van der Waals surface area contributed by atoms with Crippen LogP contribution in [0, 0.1) is 291 Å². The highest BCUT2D eigenvalue weighted by molar-refractivity contribution is 6.21. The van der Waals surface area contributed by atoms with Gasteiger partial charge in [-0.15, -0.1) is 0 Å². The van der Waals surface area contributed by atoms with Crippen LogP contribution in [0.25, 0.3) is 132 Å². The highest BCUT2D eigenvalue weighted by atomic mass is 19.4. The molecule has 16 rings (SSSR count). The normalized spacial score (nSPS) is 12.2. The number of aryl methyl sites for hydroxylation is 16. The monoisotopic (exact) mass is 1690 g/mol. The molecule has 0 aliphatic carbocycles. The molecular formula is C106H100F13N5. The van der Waals surface area contributed by atoms with E-state index < -0.39 is 86.6 Å². The lowest BCUT2D eigenvalue weighted by Gasteiger charge is -2.26. The van der Waals surface area contributed by atoms with Gasteiger partial charge in [-0.3, -0.25) is 0 Å². The summed E-state index contributed by atoms with van der Waals surface area (Å²) in [6, 6.07) is 6.89. The topological polar surface area (TPSA) is 43.5 Å². The van der Waals surface area contributed by atoms with Crippen molar-refractivity contribution in [2.45, 2.75) is 228 Å². The van der Waals surface area contributed by atoms with Crippen LogP contribution < -0.4 is 0 Å². The predicted octanol–water partition coefficient (Wildman–Crippen LogP) is 31.2. The Hall–Kier alpha value is -11.6. The van der Waals surface area contributed by atoms with Crippen LogP contribution in [0.3, 0.4) is 0 Å². The van der Waals surface area contributed by atoms with Crippen LogP contribution in [0.15, 0.2) is 24.3 Å². The Kier molecular flexibility index (Phi) is 20.6. The molecule has 4 heterocycles. The van der Waals surface area contributed by atoms with Gasteiger partial charge in [-0.1, -0.05) is 0 Å². The van der Waals surface area contributed by atoms with Gasteiger partial charge in [-0.25, -0.2) is 43.9 Å². The first-order valence-corrected chi connectivity index (χ1v) is 41.7. The van der Waals surface area contributed by atoms with E-state index in [0.717, 1.165) is 243 Å². The molecule has 0 saturated heterocycles. The second kappa shape index (κ2) is 29.3. The van der Waals surface area contributed by atoms with E-state index in [-0.39, 0.29) is 22.5 Å². The quantitative estimate of drug-likeness (QED) is 0.0929. The van der Waals surface area contributed by atoms with E-state index in [1.54, 1.807) is 9.13 Å². The summed E-state index contributed by atoms with van der Waals surface area (Å²) in [5, 5.41) is 18.6. The first-order chi connectivity index (χ1) is 57.8. The summed E-state index contributed by atoms with van der Waals surface area (Å²) in [6.45, 7) is 64.8. The van der Waals surface area contributed by atoms with Crippen molar-refractivity contribution < 1.29 is 57.1 Å². The van der Waals surface area contributed by atoms with E-state index in [2.05, 4.69) is 126 Å². The van der Waals surface area contributed by atoms with E-state index >= 15 is 48.3 Å². The molecule has 12 aromatic carbocycles. The molecule has 0 aliphatic heterocycles. The molecule has 0 bridgehead atoms. The molecular weight excluding hydrogens is 1590 g/mol. The van der Waals surface area contributed by atoms with Gasteiger partial charge in [0.2, 0.25) is 11.6 Å². The summed E-state index contributed by atoms with van der Waals surface area (Å²) >= 11 is 0. The van der Waals surface area contributed by atoms with E-state index in [0.29, 0.717) is 39.5 Å². The first-order valence-electron chi connectivity index (χ1n) is 41.7. The summed E-state index contributed by atoms with van der Waals surface area (Å²) < 4.78 is 211. The summed E-state index contributed by atoms with van der Waals surface area (Å²) in [5.74, 6) is -21.7. The number of hydrogen-bond donors (Lipinski definition) is 0. The van der Waals surface area contributed by atoms with Crippen molar-refractivity contribution in [3.63, 3.8) is 0 Å². The maximum Gasteiger partial charge on any atom is 0.418 e. The van der Waals surface area contributed by atoms with Crippen LogP contribution in [0.5, 0.6) is 0 Å². The van der Waals surface area contributed by atoms with Gasteiger partial charge in [0.25, 0.3) is 0 Å². The van der Waals surface area contributed by atoms with Gasteiger partial charge in [0.1, 0.15) is 6.07 Å². The average molecular weight is 1690 g/mol. The maximum absolute atomic E-state index is 16.6. The Labute approximate surface area is 714 Å². The maximum atomic E-state index is 16.6. The van der Waals surface area contributed by atoms with Gasteiger partial charge in [0.05, 0.1) is 89.1 Å². The molecule has 0 radical (unpaired) electrons. The minimum Gasteiger partial charge on any atom is -0.307 e. The smallest absolute Gasteiger partial charge is 0.307 e.